The number of hydrogen-bond donors (Lipinski definition) is 0. The Labute approximate surface area is 58.3 Å². The topological polar surface area (TPSA) is 12.5 Å². The highest BCUT2D eigenvalue weighted by Crippen LogP contribution is 1.97. The normalized spacial score (nSPS) is 10.3. The molecule has 2 nitrogen and oxygen atoms in total. The third-order valence-corrected chi connectivity index (χ3v) is 1.47. The van der Waals surface area contributed by atoms with Gasteiger partial charge in [0, 0.05) is 29.4 Å². The molecule has 0 aromatic heterocycles. The van der Waals surface area contributed by atoms with Crippen LogP contribution in [0.1, 0.15) is 13.3 Å². The first kappa shape index (κ1) is 7.65. The molecule has 7 heavy (non-hydrogen) atoms. The van der Waals surface area contributed by atoms with Gasteiger partial charge in [0.05, 0.1) is 7.11 Å². The Balaban J connectivity index is 2.83. The van der Waals surface area contributed by atoms with E-state index in [9.17, 15) is 0 Å². The van der Waals surface area contributed by atoms with Crippen LogP contribution in [0.4, 0.5) is 0 Å². The number of hydrogen-bond acceptors (Lipinski definition) is 2. The summed E-state index contributed by atoms with van der Waals surface area (Å²) in [4.78, 5) is 4.81. The molecule has 0 saturated heterocycles. The highest BCUT2D eigenvalue weighted by molar-refractivity contribution is 14.1. The van der Waals surface area contributed by atoms with Crippen LogP contribution in [0.5, 0.6) is 0 Å². The van der Waals surface area contributed by atoms with Crippen molar-refractivity contribution in [2.45, 2.75) is 13.3 Å². The molecule has 0 aliphatic carbocycles. The van der Waals surface area contributed by atoms with Crippen LogP contribution >= 0.6 is 22.9 Å². The predicted molar refractivity (Wildman–Crippen MR) is 38.0 cm³/mol. The summed E-state index contributed by atoms with van der Waals surface area (Å²) in [5.41, 5.74) is 0. The summed E-state index contributed by atoms with van der Waals surface area (Å²) in [6.07, 6.45) is 1.14. The SMILES string of the molecule is CCCN(I)OC. The number of hydroxylamine groups is 1. The van der Waals surface area contributed by atoms with Gasteiger partial charge < -0.3 is 0 Å². The Morgan fingerprint density at radius 1 is 1.71 bits per heavy atom. The summed E-state index contributed by atoms with van der Waals surface area (Å²) in [6.45, 7) is 3.11. The quantitative estimate of drug-likeness (QED) is 0.403. The highest BCUT2D eigenvalue weighted by atomic mass is 127. The van der Waals surface area contributed by atoms with Crippen LogP contribution in [0.3, 0.4) is 0 Å². The molecule has 0 rings (SSSR count). The predicted octanol–water partition coefficient (Wildman–Crippen LogP) is 1.61. The Kier molecular flexibility index (Phi) is 5.25. The van der Waals surface area contributed by atoms with Gasteiger partial charge in [-0.15, -0.1) is 3.28 Å². The molecule has 0 aliphatic heterocycles. The first-order valence-corrected chi connectivity index (χ1v) is 3.25. The molecule has 0 atom stereocenters. The highest BCUT2D eigenvalue weighted by Gasteiger charge is 1.89. The lowest BCUT2D eigenvalue weighted by Gasteiger charge is -2.06. The monoisotopic (exact) mass is 215 g/mol. The van der Waals surface area contributed by atoms with Gasteiger partial charge in [-0.2, -0.15) is 0 Å². The van der Waals surface area contributed by atoms with E-state index in [1.54, 1.807) is 10.4 Å². The molecule has 0 bridgehead atoms. The second-order valence-corrected chi connectivity index (χ2v) is 2.30. The first-order valence-electron chi connectivity index (χ1n) is 2.28. The Morgan fingerprint density at radius 3 is 2.43 bits per heavy atom. The third-order valence-electron chi connectivity index (χ3n) is 0.598. The van der Waals surface area contributed by atoms with Gasteiger partial charge in [0.1, 0.15) is 0 Å². The molecule has 0 spiro atoms. The fraction of sp³-hybridized carbons (Fsp3) is 1.00. The van der Waals surface area contributed by atoms with Crippen molar-refractivity contribution < 1.29 is 4.84 Å². The average Bonchev–Trinajstić information content (AvgIpc) is 1.68. The fourth-order valence-electron chi connectivity index (χ4n) is 0.267. The van der Waals surface area contributed by atoms with Crippen molar-refractivity contribution in [3.05, 3.63) is 0 Å². The van der Waals surface area contributed by atoms with Crippen LogP contribution in [0, 0.1) is 0 Å². The van der Waals surface area contributed by atoms with Gasteiger partial charge in [-0.1, -0.05) is 6.92 Å². The van der Waals surface area contributed by atoms with E-state index in [2.05, 4.69) is 29.8 Å². The fourth-order valence-corrected chi connectivity index (χ4v) is 0.750. The number of rotatable bonds is 3. The molecule has 0 heterocycles. The Morgan fingerprint density at radius 2 is 2.29 bits per heavy atom. The van der Waals surface area contributed by atoms with Crippen molar-refractivity contribution >= 4 is 22.9 Å². The summed E-state index contributed by atoms with van der Waals surface area (Å²) in [6, 6.07) is 0. The van der Waals surface area contributed by atoms with Gasteiger partial charge in [0.25, 0.3) is 0 Å². The maximum atomic E-state index is 4.81. The van der Waals surface area contributed by atoms with E-state index in [0.717, 1.165) is 13.0 Å². The maximum Gasteiger partial charge on any atom is 0.0584 e. The van der Waals surface area contributed by atoms with Crippen LogP contribution in [-0.4, -0.2) is 16.9 Å². The number of halogens is 1. The minimum atomic E-state index is 0.997. The van der Waals surface area contributed by atoms with Crippen LogP contribution in [-0.2, 0) is 4.84 Å². The van der Waals surface area contributed by atoms with E-state index in [1.165, 1.54) is 0 Å². The summed E-state index contributed by atoms with van der Waals surface area (Å²) < 4.78 is 1.78. The summed E-state index contributed by atoms with van der Waals surface area (Å²) in [5.74, 6) is 0. The van der Waals surface area contributed by atoms with E-state index in [1.807, 2.05) is 0 Å². The third kappa shape index (κ3) is 4.50. The molecule has 0 radical (unpaired) electrons. The summed E-state index contributed by atoms with van der Waals surface area (Å²) >= 11 is 2.12. The zero-order valence-corrected chi connectivity index (χ0v) is 6.81. The molecule has 0 fully saturated rings. The molecule has 3 heteroatoms. The van der Waals surface area contributed by atoms with Crippen molar-refractivity contribution in [1.29, 1.82) is 0 Å². The lowest BCUT2D eigenvalue weighted by molar-refractivity contribution is -0.0163. The molecule has 0 unspecified atom stereocenters. The Bertz CT molecular complexity index is 42.7. The second-order valence-electron chi connectivity index (χ2n) is 1.22. The smallest absolute Gasteiger partial charge is 0.0584 e. The average molecular weight is 215 g/mol. The van der Waals surface area contributed by atoms with Crippen LogP contribution in [0.15, 0.2) is 0 Å². The van der Waals surface area contributed by atoms with Crippen molar-refractivity contribution in [2.75, 3.05) is 13.7 Å². The van der Waals surface area contributed by atoms with Crippen LogP contribution in [0.25, 0.3) is 0 Å². The molecule has 44 valence electrons. The minimum Gasteiger partial charge on any atom is -0.293 e. The summed E-state index contributed by atoms with van der Waals surface area (Å²) in [5, 5.41) is 0. The Hall–Kier alpha value is 0.650. The van der Waals surface area contributed by atoms with E-state index in [0.29, 0.717) is 0 Å². The van der Waals surface area contributed by atoms with Crippen LogP contribution < -0.4 is 0 Å². The lowest BCUT2D eigenvalue weighted by atomic mass is 10.5. The molecular formula is C4H10INO. The summed E-state index contributed by atoms with van der Waals surface area (Å²) in [7, 11) is 1.67. The zero-order valence-electron chi connectivity index (χ0n) is 4.65. The zero-order chi connectivity index (χ0) is 5.70. The maximum absolute atomic E-state index is 4.81. The second kappa shape index (κ2) is 4.80. The van der Waals surface area contributed by atoms with E-state index in [-0.39, 0.29) is 0 Å². The molecule has 0 N–H and O–H groups in total. The van der Waals surface area contributed by atoms with Gasteiger partial charge in [0.15, 0.2) is 0 Å². The van der Waals surface area contributed by atoms with E-state index in [4.69, 9.17) is 4.84 Å². The van der Waals surface area contributed by atoms with E-state index >= 15 is 0 Å². The molecule has 0 aliphatic rings. The molecule has 0 saturated carbocycles. The van der Waals surface area contributed by atoms with Crippen LogP contribution in [0.2, 0.25) is 0 Å². The number of nitrogens with zero attached hydrogens (tertiary/aromatic N) is 1. The van der Waals surface area contributed by atoms with Crippen molar-refractivity contribution in [1.82, 2.24) is 3.28 Å². The molecule has 0 aromatic carbocycles. The van der Waals surface area contributed by atoms with E-state index < -0.39 is 0 Å². The lowest BCUT2D eigenvalue weighted by Crippen LogP contribution is -2.08. The van der Waals surface area contributed by atoms with Gasteiger partial charge >= 0.3 is 0 Å². The first-order chi connectivity index (χ1) is 3.31. The molecular weight excluding hydrogens is 205 g/mol. The van der Waals surface area contributed by atoms with Crippen molar-refractivity contribution in [2.24, 2.45) is 0 Å². The minimum absolute atomic E-state index is 0.997. The van der Waals surface area contributed by atoms with Gasteiger partial charge in [-0.05, 0) is 6.42 Å². The van der Waals surface area contributed by atoms with Crippen molar-refractivity contribution in [3.8, 4) is 0 Å². The van der Waals surface area contributed by atoms with Crippen molar-refractivity contribution in [3.63, 3.8) is 0 Å². The van der Waals surface area contributed by atoms with Gasteiger partial charge in [-0.3, -0.25) is 4.84 Å². The standard InChI is InChI=1S/C4H10INO/c1-3-4-6(5)7-2/h3-4H2,1-2H3. The molecule has 0 aromatic rings. The van der Waals surface area contributed by atoms with Gasteiger partial charge in [-0.25, -0.2) is 0 Å². The van der Waals surface area contributed by atoms with Gasteiger partial charge in [0.2, 0.25) is 0 Å². The largest absolute Gasteiger partial charge is 0.293 e. The molecule has 0 amide bonds.